The maximum atomic E-state index is 12.4. The molecule has 1 N–H and O–H groups in total. The Hall–Kier alpha value is -1.01. The van der Waals surface area contributed by atoms with Crippen molar-refractivity contribution in [3.05, 3.63) is 0 Å². The van der Waals surface area contributed by atoms with Gasteiger partial charge in [0.1, 0.15) is 0 Å². The lowest BCUT2D eigenvalue weighted by Crippen LogP contribution is -2.53. The second-order valence-corrected chi connectivity index (χ2v) is 3.68. The number of hydrogen-bond acceptors (Lipinski definition) is 1. The third-order valence-electron chi connectivity index (χ3n) is 2.18. The van der Waals surface area contributed by atoms with Gasteiger partial charge in [0.05, 0.1) is 6.54 Å². The fourth-order valence-corrected chi connectivity index (χ4v) is 1.34. The predicted octanol–water partition coefficient (Wildman–Crippen LogP) is 1.69. The number of halogens is 4. The van der Waals surface area contributed by atoms with Crippen LogP contribution in [0.25, 0.3) is 0 Å². The van der Waals surface area contributed by atoms with Crippen molar-refractivity contribution >= 4 is 6.03 Å². The molecule has 0 aromatic heterocycles. The number of nitrogens with one attached hydrogen (secondary N) is 1. The Labute approximate surface area is 84.4 Å². The van der Waals surface area contributed by atoms with E-state index in [0.29, 0.717) is 0 Å². The summed E-state index contributed by atoms with van der Waals surface area (Å²) in [7, 11) is 1.19. The van der Waals surface area contributed by atoms with Crippen LogP contribution in [0.2, 0.25) is 0 Å². The number of carbonyl (C=O) groups is 1. The first kappa shape index (κ1) is 12.1. The van der Waals surface area contributed by atoms with Crippen molar-refractivity contribution in [1.29, 1.82) is 0 Å². The van der Waals surface area contributed by atoms with E-state index >= 15 is 0 Å². The molecule has 7 heteroatoms. The van der Waals surface area contributed by atoms with Crippen LogP contribution < -0.4 is 5.32 Å². The summed E-state index contributed by atoms with van der Waals surface area (Å²) in [4.78, 5) is 11.9. The van der Waals surface area contributed by atoms with Crippen molar-refractivity contribution in [3.63, 3.8) is 0 Å². The predicted molar refractivity (Wildman–Crippen MR) is 45.1 cm³/mol. The molecule has 1 rings (SSSR count). The first-order valence-corrected chi connectivity index (χ1v) is 4.48. The fourth-order valence-electron chi connectivity index (χ4n) is 1.34. The summed E-state index contributed by atoms with van der Waals surface area (Å²) in [5.74, 6) is -2.72. The van der Waals surface area contributed by atoms with Gasteiger partial charge in [0.2, 0.25) is 0 Å². The number of alkyl halides is 4. The molecule has 0 bridgehead atoms. The van der Waals surface area contributed by atoms with Gasteiger partial charge < -0.3 is 10.2 Å². The Bertz CT molecular complexity index is 239. The van der Waals surface area contributed by atoms with Crippen LogP contribution in [0.15, 0.2) is 0 Å². The molecule has 2 amide bonds. The molecule has 15 heavy (non-hydrogen) atoms. The van der Waals surface area contributed by atoms with Crippen LogP contribution >= 0.6 is 0 Å². The van der Waals surface area contributed by atoms with Gasteiger partial charge in [-0.15, -0.1) is 0 Å². The summed E-state index contributed by atoms with van der Waals surface area (Å²) < 4.78 is 48.5. The Kier molecular flexibility index (Phi) is 3.41. The second-order valence-electron chi connectivity index (χ2n) is 3.68. The summed E-state index contributed by atoms with van der Waals surface area (Å²) in [5, 5.41) is 2.25. The molecular weight excluding hydrogens is 216 g/mol. The van der Waals surface area contributed by atoms with Crippen LogP contribution in [-0.4, -0.2) is 42.9 Å². The topological polar surface area (TPSA) is 32.3 Å². The highest BCUT2D eigenvalue weighted by molar-refractivity contribution is 5.74. The molecule has 0 saturated heterocycles. The monoisotopic (exact) mass is 228 g/mol. The summed E-state index contributed by atoms with van der Waals surface area (Å²) >= 11 is 0. The van der Waals surface area contributed by atoms with Crippen LogP contribution in [0, 0.1) is 0 Å². The van der Waals surface area contributed by atoms with E-state index in [1.807, 2.05) is 0 Å². The van der Waals surface area contributed by atoms with Crippen molar-refractivity contribution in [2.24, 2.45) is 0 Å². The molecule has 0 aromatic carbocycles. The zero-order valence-electron chi connectivity index (χ0n) is 8.14. The standard InChI is InChI=1S/C8H12F4N2O/c1-14(4-6(9)10)7(15)13-5-2-8(11,12)3-5/h5-6H,2-4H2,1H3,(H,13,15). The van der Waals surface area contributed by atoms with Crippen LogP contribution in [0.3, 0.4) is 0 Å². The maximum absolute atomic E-state index is 12.4. The van der Waals surface area contributed by atoms with E-state index in [0.717, 1.165) is 4.90 Å². The van der Waals surface area contributed by atoms with Crippen molar-refractivity contribution in [1.82, 2.24) is 10.2 Å². The number of urea groups is 1. The van der Waals surface area contributed by atoms with Gasteiger partial charge in [-0.25, -0.2) is 22.4 Å². The van der Waals surface area contributed by atoms with Crippen molar-refractivity contribution in [3.8, 4) is 0 Å². The number of nitrogens with zero attached hydrogens (tertiary/aromatic N) is 1. The van der Waals surface area contributed by atoms with Crippen LogP contribution in [0.5, 0.6) is 0 Å². The van der Waals surface area contributed by atoms with E-state index in [1.54, 1.807) is 0 Å². The molecule has 0 heterocycles. The first-order chi connectivity index (χ1) is 6.80. The van der Waals surface area contributed by atoms with E-state index in [1.165, 1.54) is 7.05 Å². The molecule has 0 aliphatic heterocycles. The fraction of sp³-hybridized carbons (Fsp3) is 0.875. The van der Waals surface area contributed by atoms with Crippen molar-refractivity contribution in [2.45, 2.75) is 31.2 Å². The first-order valence-electron chi connectivity index (χ1n) is 4.48. The van der Waals surface area contributed by atoms with E-state index in [2.05, 4.69) is 5.32 Å². The van der Waals surface area contributed by atoms with E-state index in [9.17, 15) is 22.4 Å². The largest absolute Gasteiger partial charge is 0.335 e. The average Bonchev–Trinajstić information content (AvgIpc) is 1.99. The minimum absolute atomic E-state index is 0.415. The lowest BCUT2D eigenvalue weighted by molar-refractivity contribution is -0.0903. The number of rotatable bonds is 3. The molecule has 1 saturated carbocycles. The van der Waals surface area contributed by atoms with Gasteiger partial charge in [-0.05, 0) is 0 Å². The highest BCUT2D eigenvalue weighted by atomic mass is 19.3. The molecule has 0 radical (unpaired) electrons. The van der Waals surface area contributed by atoms with Crippen molar-refractivity contribution in [2.75, 3.05) is 13.6 Å². The zero-order valence-corrected chi connectivity index (χ0v) is 8.14. The van der Waals surface area contributed by atoms with Crippen LogP contribution in [0.4, 0.5) is 22.4 Å². The van der Waals surface area contributed by atoms with Crippen LogP contribution in [0.1, 0.15) is 12.8 Å². The lowest BCUT2D eigenvalue weighted by Gasteiger charge is -2.36. The Morgan fingerprint density at radius 1 is 1.53 bits per heavy atom. The molecular formula is C8H12F4N2O. The summed E-state index contributed by atoms with van der Waals surface area (Å²) in [5.41, 5.74) is 0. The minimum Gasteiger partial charge on any atom is -0.335 e. The SMILES string of the molecule is CN(CC(F)F)C(=O)NC1CC(F)(F)C1. The number of carbonyl (C=O) groups excluding carboxylic acids is 1. The van der Waals surface area contributed by atoms with Gasteiger partial charge in [-0.2, -0.15) is 0 Å². The zero-order chi connectivity index (χ0) is 11.6. The van der Waals surface area contributed by atoms with E-state index in [4.69, 9.17) is 0 Å². The average molecular weight is 228 g/mol. The Morgan fingerprint density at radius 3 is 2.47 bits per heavy atom. The van der Waals surface area contributed by atoms with E-state index < -0.39 is 43.8 Å². The van der Waals surface area contributed by atoms with Gasteiger partial charge in [0, 0.05) is 25.9 Å². The minimum atomic E-state index is -2.72. The summed E-state index contributed by atoms with van der Waals surface area (Å²) in [6.07, 6.45) is -3.45. The van der Waals surface area contributed by atoms with Crippen LogP contribution in [-0.2, 0) is 0 Å². The molecule has 1 fully saturated rings. The number of hydrogen-bond donors (Lipinski definition) is 1. The third-order valence-corrected chi connectivity index (χ3v) is 2.18. The Morgan fingerprint density at radius 2 is 2.07 bits per heavy atom. The molecule has 1 aliphatic rings. The quantitative estimate of drug-likeness (QED) is 0.732. The van der Waals surface area contributed by atoms with Gasteiger partial charge in [-0.1, -0.05) is 0 Å². The van der Waals surface area contributed by atoms with E-state index in [-0.39, 0.29) is 0 Å². The molecule has 0 unspecified atom stereocenters. The van der Waals surface area contributed by atoms with Crippen molar-refractivity contribution < 1.29 is 22.4 Å². The van der Waals surface area contributed by atoms with Gasteiger partial charge in [0.15, 0.2) is 0 Å². The molecule has 0 spiro atoms. The molecule has 0 atom stereocenters. The summed E-state index contributed by atoms with van der Waals surface area (Å²) in [6, 6.07) is -1.34. The normalized spacial score (nSPS) is 19.9. The van der Waals surface area contributed by atoms with Gasteiger partial charge in [-0.3, -0.25) is 0 Å². The highest BCUT2D eigenvalue weighted by Crippen LogP contribution is 2.37. The number of amides is 2. The molecule has 88 valence electrons. The summed E-state index contributed by atoms with van der Waals surface area (Å²) in [6.45, 7) is -0.699. The smallest absolute Gasteiger partial charge is 0.317 e. The molecule has 1 aliphatic carbocycles. The van der Waals surface area contributed by atoms with Gasteiger partial charge in [0.25, 0.3) is 12.3 Å². The van der Waals surface area contributed by atoms with Gasteiger partial charge >= 0.3 is 6.03 Å². The highest BCUT2D eigenvalue weighted by Gasteiger charge is 2.46. The molecule has 0 aromatic rings. The lowest BCUT2D eigenvalue weighted by atomic mass is 9.88. The Balaban J connectivity index is 2.25. The maximum Gasteiger partial charge on any atom is 0.317 e. The molecule has 3 nitrogen and oxygen atoms in total. The third kappa shape index (κ3) is 3.56. The second kappa shape index (κ2) is 4.24.